The van der Waals surface area contributed by atoms with E-state index in [1.54, 1.807) is 6.20 Å². The molecular formula is C23H24N2O2. The molecule has 5 rings (SSSR count). The zero-order chi connectivity index (χ0) is 18.3. The van der Waals surface area contributed by atoms with Gasteiger partial charge in [0, 0.05) is 30.2 Å². The van der Waals surface area contributed by atoms with Crippen LogP contribution in [0.3, 0.4) is 0 Å². The van der Waals surface area contributed by atoms with Crippen LogP contribution < -0.4 is 0 Å². The summed E-state index contributed by atoms with van der Waals surface area (Å²) in [5.41, 5.74) is 2.47. The van der Waals surface area contributed by atoms with E-state index in [0.29, 0.717) is 26.1 Å². The van der Waals surface area contributed by atoms with Gasteiger partial charge in [-0.15, -0.1) is 0 Å². The molecule has 3 aromatic rings. The summed E-state index contributed by atoms with van der Waals surface area (Å²) in [5, 5.41) is 12.7. The molecule has 0 saturated carbocycles. The molecule has 1 N–H and O–H groups in total. The number of nitrogens with zero attached hydrogens (tertiary/aromatic N) is 2. The van der Waals surface area contributed by atoms with Gasteiger partial charge in [0.1, 0.15) is 0 Å². The van der Waals surface area contributed by atoms with Crippen molar-refractivity contribution in [2.75, 3.05) is 13.2 Å². The molecule has 2 atom stereocenters. The van der Waals surface area contributed by atoms with E-state index < -0.39 is 5.60 Å². The van der Waals surface area contributed by atoms with Gasteiger partial charge >= 0.3 is 0 Å². The standard InChI is InChI=1S/C23H24N2O2/c26-23(19-8-9-22-18(11-19)7-4-10-24-22)12-20-15-27-16-21(13-23)25(20)14-17-5-2-1-3-6-17/h1-11,20-21,26H,12-16H2. The molecule has 2 aliphatic rings. The summed E-state index contributed by atoms with van der Waals surface area (Å²) in [4.78, 5) is 6.92. The van der Waals surface area contributed by atoms with E-state index in [1.807, 2.05) is 18.2 Å². The highest BCUT2D eigenvalue weighted by atomic mass is 16.5. The van der Waals surface area contributed by atoms with Crippen LogP contribution >= 0.6 is 0 Å². The summed E-state index contributed by atoms with van der Waals surface area (Å²) in [6.07, 6.45) is 3.20. The lowest BCUT2D eigenvalue weighted by molar-refractivity contribution is -0.149. The van der Waals surface area contributed by atoms with Gasteiger partial charge in [-0.25, -0.2) is 0 Å². The van der Waals surface area contributed by atoms with Crippen molar-refractivity contribution in [1.29, 1.82) is 0 Å². The van der Waals surface area contributed by atoms with Gasteiger partial charge in [-0.2, -0.15) is 0 Å². The Morgan fingerprint density at radius 1 is 1.00 bits per heavy atom. The summed E-state index contributed by atoms with van der Waals surface area (Å²) < 4.78 is 5.84. The highest BCUT2D eigenvalue weighted by Gasteiger charge is 2.46. The fraction of sp³-hybridized carbons (Fsp3) is 0.348. The summed E-state index contributed by atoms with van der Waals surface area (Å²) in [5.74, 6) is 0. The summed E-state index contributed by atoms with van der Waals surface area (Å²) >= 11 is 0. The van der Waals surface area contributed by atoms with Crippen molar-refractivity contribution in [3.05, 3.63) is 78.0 Å². The lowest BCUT2D eigenvalue weighted by Gasteiger charge is -2.52. The molecule has 4 heteroatoms. The van der Waals surface area contributed by atoms with Crippen molar-refractivity contribution in [2.45, 2.75) is 37.1 Å². The first kappa shape index (κ1) is 16.9. The molecule has 4 nitrogen and oxygen atoms in total. The third kappa shape index (κ3) is 3.14. The Morgan fingerprint density at radius 3 is 2.56 bits per heavy atom. The van der Waals surface area contributed by atoms with Gasteiger partial charge in [0.15, 0.2) is 0 Å². The number of hydrogen-bond donors (Lipinski definition) is 1. The van der Waals surface area contributed by atoms with Gasteiger partial charge in [0.2, 0.25) is 0 Å². The van der Waals surface area contributed by atoms with Gasteiger partial charge in [0.05, 0.1) is 24.3 Å². The van der Waals surface area contributed by atoms with E-state index in [0.717, 1.165) is 23.0 Å². The van der Waals surface area contributed by atoms with E-state index in [9.17, 15) is 5.11 Å². The minimum absolute atomic E-state index is 0.229. The third-order valence-electron chi connectivity index (χ3n) is 6.05. The molecule has 0 radical (unpaired) electrons. The average Bonchev–Trinajstić information content (AvgIpc) is 2.69. The van der Waals surface area contributed by atoms with Gasteiger partial charge < -0.3 is 9.84 Å². The minimum Gasteiger partial charge on any atom is -0.385 e. The second-order valence-electron chi connectivity index (χ2n) is 7.85. The van der Waals surface area contributed by atoms with Crippen molar-refractivity contribution >= 4 is 10.9 Å². The molecule has 2 bridgehead atoms. The Bertz CT molecular complexity index is 929. The fourth-order valence-corrected chi connectivity index (χ4v) is 4.70. The lowest BCUT2D eigenvalue weighted by atomic mass is 9.76. The molecule has 0 aliphatic carbocycles. The van der Waals surface area contributed by atoms with Crippen molar-refractivity contribution in [1.82, 2.24) is 9.88 Å². The maximum absolute atomic E-state index is 11.6. The molecule has 2 aliphatic heterocycles. The van der Waals surface area contributed by atoms with Gasteiger partial charge in [0.25, 0.3) is 0 Å². The Labute approximate surface area is 159 Å². The number of aliphatic hydroxyl groups is 1. The SMILES string of the molecule is OC1(c2ccc3ncccc3c2)CC2COCC(C1)N2Cc1ccccc1. The first-order valence-electron chi connectivity index (χ1n) is 9.66. The smallest absolute Gasteiger partial charge is 0.0928 e. The first-order chi connectivity index (χ1) is 13.2. The second kappa shape index (κ2) is 6.71. The van der Waals surface area contributed by atoms with Crippen LogP contribution in [0.25, 0.3) is 10.9 Å². The first-order valence-corrected chi connectivity index (χ1v) is 9.66. The molecular weight excluding hydrogens is 336 g/mol. The molecule has 2 unspecified atom stereocenters. The predicted octanol–water partition coefficient (Wildman–Crippen LogP) is 3.49. The second-order valence-corrected chi connectivity index (χ2v) is 7.85. The van der Waals surface area contributed by atoms with Crippen LogP contribution in [-0.4, -0.2) is 40.3 Å². The summed E-state index contributed by atoms with van der Waals surface area (Å²) in [6.45, 7) is 2.28. The highest BCUT2D eigenvalue weighted by Crippen LogP contribution is 2.42. The Balaban J connectivity index is 1.44. The predicted molar refractivity (Wildman–Crippen MR) is 105 cm³/mol. The Hall–Kier alpha value is -2.27. The number of piperidine rings is 1. The number of fused-ring (bicyclic) bond motifs is 3. The van der Waals surface area contributed by atoms with E-state index in [4.69, 9.17) is 4.74 Å². The van der Waals surface area contributed by atoms with Crippen molar-refractivity contribution in [2.24, 2.45) is 0 Å². The number of pyridine rings is 1. The van der Waals surface area contributed by atoms with Gasteiger partial charge in [-0.3, -0.25) is 9.88 Å². The number of rotatable bonds is 3. The molecule has 0 spiro atoms. The molecule has 2 saturated heterocycles. The van der Waals surface area contributed by atoms with Crippen LogP contribution in [0.5, 0.6) is 0 Å². The quantitative estimate of drug-likeness (QED) is 0.777. The summed E-state index contributed by atoms with van der Waals surface area (Å²) in [7, 11) is 0. The zero-order valence-corrected chi connectivity index (χ0v) is 15.3. The van der Waals surface area contributed by atoms with Crippen LogP contribution in [0.1, 0.15) is 24.0 Å². The zero-order valence-electron chi connectivity index (χ0n) is 15.3. The molecule has 1 aromatic heterocycles. The van der Waals surface area contributed by atoms with Crippen LogP contribution in [-0.2, 0) is 16.9 Å². The lowest BCUT2D eigenvalue weighted by Crippen LogP contribution is -2.60. The fourth-order valence-electron chi connectivity index (χ4n) is 4.70. The number of ether oxygens (including phenoxy) is 1. The van der Waals surface area contributed by atoms with Gasteiger partial charge in [-0.05, 0) is 42.2 Å². The third-order valence-corrected chi connectivity index (χ3v) is 6.05. The highest BCUT2D eigenvalue weighted by molar-refractivity contribution is 5.79. The number of hydrogen-bond acceptors (Lipinski definition) is 4. The number of aromatic nitrogens is 1. The van der Waals surface area contributed by atoms with Gasteiger partial charge in [-0.1, -0.05) is 42.5 Å². The maximum atomic E-state index is 11.6. The minimum atomic E-state index is -0.809. The van der Waals surface area contributed by atoms with Crippen LogP contribution in [0.15, 0.2) is 66.9 Å². The number of morpholine rings is 1. The Morgan fingerprint density at radius 2 is 1.78 bits per heavy atom. The summed E-state index contributed by atoms with van der Waals surface area (Å²) in [6, 6.07) is 21.2. The molecule has 3 heterocycles. The van der Waals surface area contributed by atoms with Crippen LogP contribution in [0, 0.1) is 0 Å². The average molecular weight is 360 g/mol. The molecule has 27 heavy (non-hydrogen) atoms. The van der Waals surface area contributed by atoms with E-state index >= 15 is 0 Å². The van der Waals surface area contributed by atoms with E-state index in [1.165, 1.54) is 5.56 Å². The molecule has 138 valence electrons. The number of benzene rings is 2. The topological polar surface area (TPSA) is 45.6 Å². The van der Waals surface area contributed by atoms with Crippen LogP contribution in [0.2, 0.25) is 0 Å². The van der Waals surface area contributed by atoms with Crippen LogP contribution in [0.4, 0.5) is 0 Å². The van der Waals surface area contributed by atoms with Crippen molar-refractivity contribution in [3.63, 3.8) is 0 Å². The molecule has 2 aromatic carbocycles. The monoisotopic (exact) mass is 360 g/mol. The maximum Gasteiger partial charge on any atom is 0.0928 e. The normalized spacial score (nSPS) is 28.3. The van der Waals surface area contributed by atoms with Crippen molar-refractivity contribution < 1.29 is 9.84 Å². The van der Waals surface area contributed by atoms with Crippen molar-refractivity contribution in [3.8, 4) is 0 Å². The molecule has 2 fully saturated rings. The van der Waals surface area contributed by atoms with E-state index in [2.05, 4.69) is 52.3 Å². The Kier molecular flexibility index (Phi) is 4.20. The largest absolute Gasteiger partial charge is 0.385 e. The molecule has 0 amide bonds. The van der Waals surface area contributed by atoms with E-state index in [-0.39, 0.29) is 12.1 Å².